The lowest BCUT2D eigenvalue weighted by Gasteiger charge is -2.40. The van der Waals surface area contributed by atoms with Gasteiger partial charge in [0.05, 0.1) is 50.0 Å². The number of furan rings is 1. The smallest absolute Gasteiger partial charge is 0.211 e. The standard InChI is InChI=1S/C16H23N5O4S/c1-19(26(2,22)23)8-13-3-4-14(25-13)9-20-6-5-16-15(10-20)21-12(11-24-16)7-17-18-21/h3-4,7,15-16H,5-6,8-11H2,1-2H3/t15-,16-/m1/s1. The highest BCUT2D eigenvalue weighted by molar-refractivity contribution is 7.88. The zero-order valence-electron chi connectivity index (χ0n) is 14.9. The van der Waals surface area contributed by atoms with Gasteiger partial charge in [0.2, 0.25) is 10.0 Å². The third-order valence-corrected chi connectivity index (χ3v) is 6.32. The molecule has 0 unspecified atom stereocenters. The van der Waals surface area contributed by atoms with Crippen LogP contribution in [-0.4, -0.2) is 65.1 Å². The Kier molecular flexibility index (Phi) is 4.59. The van der Waals surface area contributed by atoms with Gasteiger partial charge in [-0.1, -0.05) is 5.21 Å². The lowest BCUT2D eigenvalue weighted by molar-refractivity contribution is -0.0677. The van der Waals surface area contributed by atoms with E-state index in [4.69, 9.17) is 9.15 Å². The molecule has 0 saturated carbocycles. The van der Waals surface area contributed by atoms with Crippen LogP contribution in [0.5, 0.6) is 0 Å². The molecule has 4 heterocycles. The monoisotopic (exact) mass is 381 g/mol. The normalized spacial score (nSPS) is 23.8. The Morgan fingerprint density at radius 3 is 2.96 bits per heavy atom. The van der Waals surface area contributed by atoms with Gasteiger partial charge in [0.25, 0.3) is 0 Å². The minimum atomic E-state index is -3.22. The maximum absolute atomic E-state index is 11.5. The van der Waals surface area contributed by atoms with Gasteiger partial charge in [0, 0.05) is 20.1 Å². The number of fused-ring (bicyclic) bond motifs is 3. The van der Waals surface area contributed by atoms with Crippen molar-refractivity contribution in [3.8, 4) is 0 Å². The van der Waals surface area contributed by atoms with Crippen LogP contribution in [0.15, 0.2) is 22.7 Å². The number of sulfonamides is 1. The minimum absolute atomic E-state index is 0.167. The zero-order chi connectivity index (χ0) is 18.3. The molecular weight excluding hydrogens is 358 g/mol. The van der Waals surface area contributed by atoms with Crippen molar-refractivity contribution in [2.24, 2.45) is 0 Å². The molecule has 2 aromatic rings. The second-order valence-corrected chi connectivity index (χ2v) is 9.09. The first-order chi connectivity index (χ1) is 12.4. The molecule has 9 nitrogen and oxygen atoms in total. The SMILES string of the molecule is CN(Cc1ccc(CN2CC[C@H]3OCc4cnnn4[C@@H]3C2)o1)S(C)(=O)=O. The highest BCUT2D eigenvalue weighted by Gasteiger charge is 2.36. The molecule has 0 N–H and O–H groups in total. The summed E-state index contributed by atoms with van der Waals surface area (Å²) >= 11 is 0. The van der Waals surface area contributed by atoms with Crippen molar-refractivity contribution in [1.82, 2.24) is 24.2 Å². The van der Waals surface area contributed by atoms with Crippen molar-refractivity contribution in [3.05, 3.63) is 35.5 Å². The number of nitrogens with zero attached hydrogens (tertiary/aromatic N) is 5. The number of piperidine rings is 1. The Morgan fingerprint density at radius 2 is 2.15 bits per heavy atom. The third-order valence-electron chi connectivity index (χ3n) is 5.05. The fourth-order valence-corrected chi connectivity index (χ4v) is 3.90. The van der Waals surface area contributed by atoms with E-state index in [0.29, 0.717) is 18.9 Å². The van der Waals surface area contributed by atoms with Gasteiger partial charge in [-0.15, -0.1) is 5.10 Å². The molecule has 0 aliphatic carbocycles. The van der Waals surface area contributed by atoms with E-state index in [0.717, 1.165) is 31.0 Å². The van der Waals surface area contributed by atoms with Crippen LogP contribution in [-0.2, 0) is 34.5 Å². The van der Waals surface area contributed by atoms with Crippen molar-refractivity contribution >= 4 is 10.0 Å². The molecule has 0 bridgehead atoms. The predicted octanol–water partition coefficient (Wildman–Crippen LogP) is 0.608. The molecule has 1 fully saturated rings. The molecule has 2 aliphatic heterocycles. The van der Waals surface area contributed by atoms with Gasteiger partial charge in [0.1, 0.15) is 11.5 Å². The highest BCUT2D eigenvalue weighted by Crippen LogP contribution is 2.30. The van der Waals surface area contributed by atoms with E-state index < -0.39 is 10.0 Å². The van der Waals surface area contributed by atoms with E-state index in [1.165, 1.54) is 10.6 Å². The van der Waals surface area contributed by atoms with Crippen molar-refractivity contribution < 1.29 is 17.6 Å². The highest BCUT2D eigenvalue weighted by atomic mass is 32.2. The zero-order valence-corrected chi connectivity index (χ0v) is 15.7. The summed E-state index contributed by atoms with van der Waals surface area (Å²) in [7, 11) is -1.68. The van der Waals surface area contributed by atoms with Crippen LogP contribution in [0.3, 0.4) is 0 Å². The Balaban J connectivity index is 1.40. The van der Waals surface area contributed by atoms with Crippen molar-refractivity contribution in [2.75, 3.05) is 26.4 Å². The first kappa shape index (κ1) is 17.7. The number of likely N-dealkylation sites (tertiary alicyclic amines) is 1. The van der Waals surface area contributed by atoms with Gasteiger partial charge in [-0.25, -0.2) is 13.1 Å². The molecular formula is C16H23N5O4S. The molecule has 142 valence electrons. The molecule has 2 aliphatic rings. The Hall–Kier alpha value is -1.75. The van der Waals surface area contributed by atoms with E-state index in [1.54, 1.807) is 13.2 Å². The van der Waals surface area contributed by atoms with E-state index in [2.05, 4.69) is 15.2 Å². The second kappa shape index (κ2) is 6.76. The lowest BCUT2D eigenvalue weighted by Crippen LogP contribution is -2.47. The number of hydrogen-bond acceptors (Lipinski definition) is 7. The summed E-state index contributed by atoms with van der Waals surface area (Å²) in [5.74, 6) is 1.47. The maximum atomic E-state index is 11.5. The number of rotatable bonds is 5. The number of ether oxygens (including phenoxy) is 1. The molecule has 2 aromatic heterocycles. The fraction of sp³-hybridized carbons (Fsp3) is 0.625. The molecule has 10 heteroatoms. The number of hydrogen-bond donors (Lipinski definition) is 0. The fourth-order valence-electron chi connectivity index (χ4n) is 3.54. The molecule has 0 spiro atoms. The molecule has 1 saturated heterocycles. The van der Waals surface area contributed by atoms with Gasteiger partial charge >= 0.3 is 0 Å². The molecule has 0 aromatic carbocycles. The molecule has 0 amide bonds. The van der Waals surface area contributed by atoms with Crippen LogP contribution < -0.4 is 0 Å². The average Bonchev–Trinajstić information content (AvgIpc) is 3.23. The van der Waals surface area contributed by atoms with Crippen LogP contribution in [0.2, 0.25) is 0 Å². The van der Waals surface area contributed by atoms with E-state index >= 15 is 0 Å². The summed E-state index contributed by atoms with van der Waals surface area (Å²) < 4.78 is 38.1. The first-order valence-electron chi connectivity index (χ1n) is 8.62. The maximum Gasteiger partial charge on any atom is 0.211 e. The van der Waals surface area contributed by atoms with Crippen LogP contribution in [0, 0.1) is 0 Å². The summed E-state index contributed by atoms with van der Waals surface area (Å²) in [6.07, 6.45) is 4.06. The van der Waals surface area contributed by atoms with Gasteiger partial charge in [-0.3, -0.25) is 4.90 Å². The molecule has 0 radical (unpaired) electrons. The van der Waals surface area contributed by atoms with Crippen LogP contribution in [0.1, 0.15) is 29.7 Å². The number of aromatic nitrogens is 3. The van der Waals surface area contributed by atoms with Crippen LogP contribution in [0.25, 0.3) is 0 Å². The Labute approximate surface area is 152 Å². The Bertz CT molecular complexity index is 877. The quantitative estimate of drug-likeness (QED) is 0.749. The van der Waals surface area contributed by atoms with Crippen LogP contribution >= 0.6 is 0 Å². The van der Waals surface area contributed by atoms with Gasteiger partial charge in [0.15, 0.2) is 0 Å². The predicted molar refractivity (Wildman–Crippen MR) is 92.5 cm³/mol. The topological polar surface area (TPSA) is 93.7 Å². The summed E-state index contributed by atoms with van der Waals surface area (Å²) in [6.45, 7) is 3.23. The second-order valence-electron chi connectivity index (χ2n) is 7.00. The van der Waals surface area contributed by atoms with E-state index in [-0.39, 0.29) is 18.7 Å². The van der Waals surface area contributed by atoms with Gasteiger partial charge in [-0.2, -0.15) is 4.31 Å². The van der Waals surface area contributed by atoms with Crippen molar-refractivity contribution in [3.63, 3.8) is 0 Å². The average molecular weight is 381 g/mol. The van der Waals surface area contributed by atoms with Crippen molar-refractivity contribution in [2.45, 2.75) is 38.3 Å². The van der Waals surface area contributed by atoms with E-state index in [1.807, 2.05) is 16.8 Å². The molecule has 26 heavy (non-hydrogen) atoms. The largest absolute Gasteiger partial charge is 0.463 e. The third kappa shape index (κ3) is 3.54. The lowest BCUT2D eigenvalue weighted by atomic mass is 10.0. The molecule has 2 atom stereocenters. The van der Waals surface area contributed by atoms with E-state index in [9.17, 15) is 8.42 Å². The summed E-state index contributed by atoms with van der Waals surface area (Å²) in [5.41, 5.74) is 1.01. The summed E-state index contributed by atoms with van der Waals surface area (Å²) in [6, 6.07) is 3.92. The first-order valence-corrected chi connectivity index (χ1v) is 10.5. The van der Waals surface area contributed by atoms with Crippen LogP contribution in [0.4, 0.5) is 0 Å². The summed E-state index contributed by atoms with van der Waals surface area (Å²) in [5, 5.41) is 8.21. The Morgan fingerprint density at radius 1 is 1.35 bits per heavy atom. The van der Waals surface area contributed by atoms with Crippen molar-refractivity contribution in [1.29, 1.82) is 0 Å². The van der Waals surface area contributed by atoms with Gasteiger partial charge < -0.3 is 9.15 Å². The van der Waals surface area contributed by atoms with Gasteiger partial charge in [-0.05, 0) is 18.6 Å². The molecule has 4 rings (SSSR count). The summed E-state index contributed by atoms with van der Waals surface area (Å²) in [4.78, 5) is 2.31. The minimum Gasteiger partial charge on any atom is -0.463 e.